The Balaban J connectivity index is 2.44. The van der Waals surface area contributed by atoms with Crippen LogP contribution in [0.3, 0.4) is 0 Å². The van der Waals surface area contributed by atoms with E-state index in [2.05, 4.69) is 4.98 Å². The first-order chi connectivity index (χ1) is 8.58. The number of benzene rings is 1. The third kappa shape index (κ3) is 2.60. The van der Waals surface area contributed by atoms with Crippen LogP contribution < -0.4 is 11.3 Å². The number of hydrogen-bond acceptors (Lipinski definition) is 3. The molecule has 92 valence electrons. The SMILES string of the molecule is NC(=S)c1cc(F)ccc1Cn1cnccc1=O. The standard InChI is InChI=1S/C12H10FN3OS/c13-9-2-1-8(10(5-9)12(14)18)6-16-7-15-4-3-11(16)17/h1-5,7H,6H2,(H2,14,18). The number of nitrogens with two attached hydrogens (primary N) is 1. The molecule has 1 heterocycles. The summed E-state index contributed by atoms with van der Waals surface area (Å²) < 4.78 is 14.5. The molecule has 18 heavy (non-hydrogen) atoms. The Hall–Kier alpha value is -2.08. The highest BCUT2D eigenvalue weighted by molar-refractivity contribution is 7.80. The van der Waals surface area contributed by atoms with Gasteiger partial charge in [0.15, 0.2) is 0 Å². The second kappa shape index (κ2) is 5.05. The molecule has 0 radical (unpaired) electrons. The van der Waals surface area contributed by atoms with E-state index in [1.165, 1.54) is 35.3 Å². The summed E-state index contributed by atoms with van der Waals surface area (Å²) in [5.41, 5.74) is 6.46. The van der Waals surface area contributed by atoms with Crippen LogP contribution in [0.1, 0.15) is 11.1 Å². The van der Waals surface area contributed by atoms with Crippen molar-refractivity contribution in [3.8, 4) is 0 Å². The van der Waals surface area contributed by atoms with E-state index in [4.69, 9.17) is 18.0 Å². The molecule has 0 atom stereocenters. The number of hydrogen-bond donors (Lipinski definition) is 1. The quantitative estimate of drug-likeness (QED) is 0.841. The van der Waals surface area contributed by atoms with Gasteiger partial charge in [-0.2, -0.15) is 0 Å². The van der Waals surface area contributed by atoms with Crippen LogP contribution in [-0.4, -0.2) is 14.5 Å². The maximum atomic E-state index is 13.1. The molecule has 0 amide bonds. The Kier molecular flexibility index (Phi) is 3.47. The van der Waals surface area contributed by atoms with Crippen LogP contribution in [0.25, 0.3) is 0 Å². The van der Waals surface area contributed by atoms with Crippen molar-refractivity contribution < 1.29 is 4.39 Å². The predicted octanol–water partition coefficient (Wildman–Crippen LogP) is 1.06. The predicted molar refractivity (Wildman–Crippen MR) is 69.9 cm³/mol. The lowest BCUT2D eigenvalue weighted by Crippen LogP contribution is -2.21. The summed E-state index contributed by atoms with van der Waals surface area (Å²) in [5, 5.41) is 0. The molecular formula is C12H10FN3OS. The minimum absolute atomic E-state index is 0.0986. The summed E-state index contributed by atoms with van der Waals surface area (Å²) in [7, 11) is 0. The van der Waals surface area contributed by atoms with Gasteiger partial charge in [0, 0.05) is 17.8 Å². The highest BCUT2D eigenvalue weighted by atomic mass is 32.1. The van der Waals surface area contributed by atoms with E-state index in [9.17, 15) is 9.18 Å². The average molecular weight is 263 g/mol. The van der Waals surface area contributed by atoms with E-state index in [-0.39, 0.29) is 17.1 Å². The summed E-state index contributed by atoms with van der Waals surface area (Å²) >= 11 is 4.87. The van der Waals surface area contributed by atoms with Crippen LogP contribution in [0, 0.1) is 5.82 Å². The summed E-state index contributed by atoms with van der Waals surface area (Å²) in [6.45, 7) is 0.250. The molecule has 4 nitrogen and oxygen atoms in total. The molecule has 0 fully saturated rings. The van der Waals surface area contributed by atoms with Gasteiger partial charge in [0.05, 0.1) is 12.9 Å². The third-order valence-corrected chi connectivity index (χ3v) is 2.69. The zero-order chi connectivity index (χ0) is 13.1. The largest absolute Gasteiger partial charge is 0.389 e. The smallest absolute Gasteiger partial charge is 0.253 e. The molecule has 0 aliphatic carbocycles. The number of halogens is 1. The minimum Gasteiger partial charge on any atom is -0.389 e. The van der Waals surface area contributed by atoms with E-state index in [1.54, 1.807) is 6.07 Å². The van der Waals surface area contributed by atoms with E-state index < -0.39 is 5.82 Å². The van der Waals surface area contributed by atoms with E-state index >= 15 is 0 Å². The van der Waals surface area contributed by atoms with Gasteiger partial charge in [-0.1, -0.05) is 18.3 Å². The Morgan fingerprint density at radius 2 is 2.22 bits per heavy atom. The average Bonchev–Trinajstić information content (AvgIpc) is 2.34. The monoisotopic (exact) mass is 263 g/mol. The molecule has 1 aromatic carbocycles. The van der Waals surface area contributed by atoms with Crippen LogP contribution >= 0.6 is 12.2 Å². The van der Waals surface area contributed by atoms with E-state index in [0.717, 1.165) is 0 Å². The molecule has 2 aromatic rings. The van der Waals surface area contributed by atoms with Crippen molar-refractivity contribution in [1.82, 2.24) is 9.55 Å². The Morgan fingerprint density at radius 1 is 1.44 bits per heavy atom. The van der Waals surface area contributed by atoms with Gasteiger partial charge in [0.1, 0.15) is 10.8 Å². The van der Waals surface area contributed by atoms with Crippen molar-refractivity contribution in [1.29, 1.82) is 0 Å². The van der Waals surface area contributed by atoms with Gasteiger partial charge in [-0.25, -0.2) is 9.37 Å². The van der Waals surface area contributed by atoms with Crippen LogP contribution in [0.5, 0.6) is 0 Å². The molecule has 0 spiro atoms. The second-order valence-electron chi connectivity index (χ2n) is 3.71. The van der Waals surface area contributed by atoms with Crippen LogP contribution in [-0.2, 0) is 6.54 Å². The van der Waals surface area contributed by atoms with Crippen molar-refractivity contribution in [3.05, 3.63) is 64.1 Å². The van der Waals surface area contributed by atoms with Gasteiger partial charge in [0.25, 0.3) is 5.56 Å². The molecule has 0 saturated heterocycles. The summed E-state index contributed by atoms with van der Waals surface area (Å²) in [4.78, 5) is 15.5. The highest BCUT2D eigenvalue weighted by Crippen LogP contribution is 2.12. The third-order valence-electron chi connectivity index (χ3n) is 2.47. The van der Waals surface area contributed by atoms with Gasteiger partial charge in [-0.3, -0.25) is 9.36 Å². The molecule has 2 rings (SSSR count). The number of rotatable bonds is 3. The van der Waals surface area contributed by atoms with Crippen molar-refractivity contribution in [2.24, 2.45) is 5.73 Å². The maximum absolute atomic E-state index is 13.1. The molecular weight excluding hydrogens is 253 g/mol. The molecule has 0 unspecified atom stereocenters. The zero-order valence-electron chi connectivity index (χ0n) is 9.34. The fourth-order valence-corrected chi connectivity index (χ4v) is 1.79. The van der Waals surface area contributed by atoms with Crippen LogP contribution in [0.15, 0.2) is 41.6 Å². The van der Waals surface area contributed by atoms with E-state index in [1.807, 2.05) is 0 Å². The molecule has 0 saturated carbocycles. The van der Waals surface area contributed by atoms with Gasteiger partial charge in [-0.05, 0) is 17.7 Å². The van der Waals surface area contributed by atoms with E-state index in [0.29, 0.717) is 11.1 Å². The lowest BCUT2D eigenvalue weighted by Gasteiger charge is -2.09. The van der Waals surface area contributed by atoms with Gasteiger partial charge < -0.3 is 5.73 Å². The fraction of sp³-hybridized carbons (Fsp3) is 0.0833. The van der Waals surface area contributed by atoms with Gasteiger partial charge >= 0.3 is 0 Å². The lowest BCUT2D eigenvalue weighted by atomic mass is 10.1. The molecule has 2 N–H and O–H groups in total. The second-order valence-corrected chi connectivity index (χ2v) is 4.15. The Bertz CT molecular complexity index is 654. The van der Waals surface area contributed by atoms with Crippen molar-refractivity contribution >= 4 is 17.2 Å². The highest BCUT2D eigenvalue weighted by Gasteiger charge is 2.08. The maximum Gasteiger partial charge on any atom is 0.253 e. The Labute approximate surface area is 108 Å². The van der Waals surface area contributed by atoms with Gasteiger partial charge in [-0.15, -0.1) is 0 Å². The zero-order valence-corrected chi connectivity index (χ0v) is 10.2. The molecule has 6 heteroatoms. The van der Waals surface area contributed by atoms with Crippen molar-refractivity contribution in [2.75, 3.05) is 0 Å². The summed E-state index contributed by atoms with van der Waals surface area (Å²) in [5.74, 6) is -0.417. The summed E-state index contributed by atoms with van der Waals surface area (Å²) in [6.07, 6.45) is 2.83. The van der Waals surface area contributed by atoms with Crippen LogP contribution in [0.4, 0.5) is 4.39 Å². The lowest BCUT2D eigenvalue weighted by molar-refractivity contribution is 0.625. The first-order valence-electron chi connectivity index (χ1n) is 5.16. The Morgan fingerprint density at radius 3 is 2.89 bits per heavy atom. The first-order valence-corrected chi connectivity index (χ1v) is 5.57. The topological polar surface area (TPSA) is 60.9 Å². The number of aromatic nitrogens is 2. The van der Waals surface area contributed by atoms with Crippen LogP contribution in [0.2, 0.25) is 0 Å². The first kappa shape index (κ1) is 12.4. The minimum atomic E-state index is -0.417. The molecule has 0 bridgehead atoms. The summed E-state index contributed by atoms with van der Waals surface area (Å²) in [6, 6.07) is 5.48. The molecule has 0 aliphatic heterocycles. The van der Waals surface area contributed by atoms with Crippen molar-refractivity contribution in [3.63, 3.8) is 0 Å². The molecule has 0 aliphatic rings. The van der Waals surface area contributed by atoms with Crippen molar-refractivity contribution in [2.45, 2.75) is 6.54 Å². The number of thiocarbonyl (C=S) groups is 1. The number of nitrogens with zero attached hydrogens (tertiary/aromatic N) is 2. The van der Waals surface area contributed by atoms with Gasteiger partial charge in [0.2, 0.25) is 0 Å². The molecule has 1 aromatic heterocycles. The fourth-order valence-electron chi connectivity index (χ4n) is 1.60. The normalized spacial score (nSPS) is 10.3.